The van der Waals surface area contributed by atoms with E-state index in [0.29, 0.717) is 5.69 Å². The van der Waals surface area contributed by atoms with E-state index < -0.39 is 4.92 Å². The van der Waals surface area contributed by atoms with Gasteiger partial charge in [0.05, 0.1) is 17.7 Å². The standard InChI is InChI=1S/C13H10N4O3/c1-20-13(10(8-14)9-15)6-7-16-11-2-4-12(5-3-11)17(18)19/h2-5,7H,6H2,1H3. The molecular formula is C13H10N4O3. The highest BCUT2D eigenvalue weighted by Crippen LogP contribution is 2.18. The van der Waals surface area contributed by atoms with Crippen LogP contribution in [0.1, 0.15) is 6.42 Å². The molecule has 7 nitrogen and oxygen atoms in total. The van der Waals surface area contributed by atoms with Crippen molar-refractivity contribution in [2.45, 2.75) is 6.42 Å². The van der Waals surface area contributed by atoms with Gasteiger partial charge in [-0.05, 0) is 12.1 Å². The molecule has 0 saturated carbocycles. The molecular weight excluding hydrogens is 260 g/mol. The number of allylic oxidation sites excluding steroid dienone is 2. The maximum atomic E-state index is 10.5. The van der Waals surface area contributed by atoms with Crippen LogP contribution in [0, 0.1) is 32.8 Å². The van der Waals surface area contributed by atoms with Crippen LogP contribution in [0.5, 0.6) is 0 Å². The Morgan fingerprint density at radius 3 is 2.45 bits per heavy atom. The molecule has 0 fully saturated rings. The molecule has 0 aliphatic carbocycles. The van der Waals surface area contributed by atoms with Crippen molar-refractivity contribution in [3.05, 3.63) is 45.7 Å². The fourth-order valence-electron chi connectivity index (χ4n) is 1.33. The zero-order chi connectivity index (χ0) is 15.0. The minimum absolute atomic E-state index is 0.0160. The van der Waals surface area contributed by atoms with Crippen LogP contribution in [-0.4, -0.2) is 18.2 Å². The Bertz CT molecular complexity index is 617. The van der Waals surface area contributed by atoms with Crippen molar-refractivity contribution in [2.75, 3.05) is 7.11 Å². The number of nitrogens with zero attached hydrogens (tertiary/aromatic N) is 4. The van der Waals surface area contributed by atoms with Crippen LogP contribution in [-0.2, 0) is 4.74 Å². The minimum Gasteiger partial charge on any atom is -0.499 e. The second-order valence-corrected chi connectivity index (χ2v) is 3.52. The van der Waals surface area contributed by atoms with Crippen molar-refractivity contribution in [2.24, 2.45) is 4.99 Å². The van der Waals surface area contributed by atoms with E-state index in [1.54, 1.807) is 12.1 Å². The molecule has 0 heterocycles. The molecule has 0 radical (unpaired) electrons. The van der Waals surface area contributed by atoms with Gasteiger partial charge >= 0.3 is 0 Å². The third-order valence-electron chi connectivity index (χ3n) is 2.33. The number of nitro benzene ring substituents is 1. The summed E-state index contributed by atoms with van der Waals surface area (Å²) in [4.78, 5) is 14.0. The molecule has 7 heteroatoms. The van der Waals surface area contributed by atoms with Crippen molar-refractivity contribution >= 4 is 17.6 Å². The fraction of sp³-hybridized carbons (Fsp3) is 0.154. The first-order valence-corrected chi connectivity index (χ1v) is 5.46. The van der Waals surface area contributed by atoms with Gasteiger partial charge in [-0.15, -0.1) is 0 Å². The molecule has 0 amide bonds. The molecule has 20 heavy (non-hydrogen) atoms. The molecule has 0 atom stereocenters. The largest absolute Gasteiger partial charge is 0.499 e. The van der Waals surface area contributed by atoms with E-state index in [1.165, 1.54) is 37.6 Å². The first-order valence-electron chi connectivity index (χ1n) is 5.46. The summed E-state index contributed by atoms with van der Waals surface area (Å²) in [5, 5.41) is 27.9. The third kappa shape index (κ3) is 3.93. The van der Waals surface area contributed by atoms with Gasteiger partial charge in [-0.3, -0.25) is 15.1 Å². The van der Waals surface area contributed by atoms with Crippen molar-refractivity contribution in [1.82, 2.24) is 0 Å². The summed E-state index contributed by atoms with van der Waals surface area (Å²) in [5.74, 6) is 0.223. The number of nitro groups is 1. The summed E-state index contributed by atoms with van der Waals surface area (Å²) < 4.78 is 4.94. The van der Waals surface area contributed by atoms with Crippen molar-refractivity contribution in [3.63, 3.8) is 0 Å². The Labute approximate surface area is 115 Å². The molecule has 1 aromatic carbocycles. The molecule has 0 spiro atoms. The molecule has 0 bridgehead atoms. The van der Waals surface area contributed by atoms with Crippen LogP contribution in [0.2, 0.25) is 0 Å². The molecule has 1 aromatic rings. The van der Waals surface area contributed by atoms with Crippen LogP contribution < -0.4 is 0 Å². The number of ether oxygens (including phenoxy) is 1. The van der Waals surface area contributed by atoms with E-state index in [2.05, 4.69) is 4.99 Å². The van der Waals surface area contributed by atoms with Crippen molar-refractivity contribution in [3.8, 4) is 12.1 Å². The summed E-state index contributed by atoms with van der Waals surface area (Å²) in [6.07, 6.45) is 1.65. The summed E-state index contributed by atoms with van der Waals surface area (Å²) in [7, 11) is 1.36. The maximum Gasteiger partial charge on any atom is 0.269 e. The topological polar surface area (TPSA) is 112 Å². The summed E-state index contributed by atoms with van der Waals surface area (Å²) in [6, 6.07) is 9.14. The van der Waals surface area contributed by atoms with E-state index in [-0.39, 0.29) is 23.4 Å². The van der Waals surface area contributed by atoms with Gasteiger partial charge in [-0.1, -0.05) is 0 Å². The lowest BCUT2D eigenvalue weighted by molar-refractivity contribution is -0.384. The number of rotatable bonds is 5. The van der Waals surface area contributed by atoms with Gasteiger partial charge in [0.25, 0.3) is 5.69 Å². The molecule has 0 saturated heterocycles. The number of hydrogen-bond donors (Lipinski definition) is 0. The van der Waals surface area contributed by atoms with Gasteiger partial charge < -0.3 is 4.74 Å². The third-order valence-corrected chi connectivity index (χ3v) is 2.33. The summed E-state index contributed by atoms with van der Waals surface area (Å²) in [5.41, 5.74) is 0.404. The van der Waals surface area contributed by atoms with E-state index in [0.717, 1.165) is 0 Å². The van der Waals surface area contributed by atoms with Crippen molar-refractivity contribution in [1.29, 1.82) is 10.5 Å². The van der Waals surface area contributed by atoms with Crippen LogP contribution in [0.25, 0.3) is 0 Å². The second kappa shape index (κ2) is 7.29. The normalized spacial score (nSPS) is 9.55. The lowest BCUT2D eigenvalue weighted by Gasteiger charge is -2.01. The fourth-order valence-corrected chi connectivity index (χ4v) is 1.33. The van der Waals surface area contributed by atoms with Gasteiger partial charge in [0.15, 0.2) is 5.57 Å². The minimum atomic E-state index is -0.495. The second-order valence-electron chi connectivity index (χ2n) is 3.52. The SMILES string of the molecule is COC(CC=Nc1ccc([N+](=O)[O-])cc1)=C(C#N)C#N. The number of methoxy groups -OCH3 is 1. The molecule has 0 unspecified atom stereocenters. The number of aliphatic imine (C=N–C) groups is 1. The first-order chi connectivity index (χ1) is 9.62. The Hall–Kier alpha value is -3.19. The molecule has 0 aromatic heterocycles. The summed E-state index contributed by atoms with van der Waals surface area (Å²) >= 11 is 0. The van der Waals surface area contributed by atoms with E-state index in [1.807, 2.05) is 0 Å². The van der Waals surface area contributed by atoms with Crippen LogP contribution in [0.4, 0.5) is 11.4 Å². The molecule has 100 valence electrons. The van der Waals surface area contributed by atoms with Crippen LogP contribution >= 0.6 is 0 Å². The molecule has 0 N–H and O–H groups in total. The highest BCUT2D eigenvalue weighted by atomic mass is 16.6. The number of non-ortho nitro benzene ring substituents is 1. The Kier molecular flexibility index (Phi) is 5.42. The predicted octanol–water partition coefficient (Wildman–Crippen LogP) is 2.63. The summed E-state index contributed by atoms with van der Waals surface area (Å²) in [6.45, 7) is 0. The van der Waals surface area contributed by atoms with Gasteiger partial charge in [-0.25, -0.2) is 0 Å². The van der Waals surface area contributed by atoms with E-state index >= 15 is 0 Å². The molecule has 1 rings (SSSR count). The monoisotopic (exact) mass is 270 g/mol. The number of benzene rings is 1. The quantitative estimate of drug-likeness (QED) is 0.268. The predicted molar refractivity (Wildman–Crippen MR) is 71.1 cm³/mol. The highest BCUT2D eigenvalue weighted by molar-refractivity contribution is 5.67. The Balaban J connectivity index is 2.79. The van der Waals surface area contributed by atoms with Gasteiger partial charge in [-0.2, -0.15) is 10.5 Å². The van der Waals surface area contributed by atoms with Gasteiger partial charge in [0.1, 0.15) is 17.9 Å². The van der Waals surface area contributed by atoms with Crippen molar-refractivity contribution < 1.29 is 9.66 Å². The maximum absolute atomic E-state index is 10.5. The number of nitriles is 2. The molecule has 0 aliphatic heterocycles. The van der Waals surface area contributed by atoms with Crippen LogP contribution in [0.3, 0.4) is 0 Å². The number of hydrogen-bond acceptors (Lipinski definition) is 6. The van der Waals surface area contributed by atoms with Gasteiger partial charge in [0, 0.05) is 24.8 Å². The Morgan fingerprint density at radius 2 is 2.00 bits per heavy atom. The highest BCUT2D eigenvalue weighted by Gasteiger charge is 2.05. The smallest absolute Gasteiger partial charge is 0.269 e. The van der Waals surface area contributed by atoms with E-state index in [4.69, 9.17) is 15.3 Å². The Morgan fingerprint density at radius 1 is 1.40 bits per heavy atom. The van der Waals surface area contributed by atoms with E-state index in [9.17, 15) is 10.1 Å². The zero-order valence-corrected chi connectivity index (χ0v) is 10.6. The first kappa shape index (κ1) is 14.9. The van der Waals surface area contributed by atoms with Crippen LogP contribution in [0.15, 0.2) is 40.6 Å². The zero-order valence-electron chi connectivity index (χ0n) is 10.6. The average Bonchev–Trinajstić information content (AvgIpc) is 2.47. The lowest BCUT2D eigenvalue weighted by Crippen LogP contribution is -1.93. The van der Waals surface area contributed by atoms with Gasteiger partial charge in [0.2, 0.25) is 0 Å². The average molecular weight is 270 g/mol. The lowest BCUT2D eigenvalue weighted by atomic mass is 10.2. The molecule has 0 aliphatic rings.